The van der Waals surface area contributed by atoms with Gasteiger partial charge < -0.3 is 10.4 Å². The van der Waals surface area contributed by atoms with Crippen LogP contribution >= 0.6 is 11.6 Å². The highest BCUT2D eigenvalue weighted by molar-refractivity contribution is 6.34. The number of anilines is 1. The molecule has 1 amide bonds. The van der Waals surface area contributed by atoms with E-state index in [1.807, 2.05) is 0 Å². The van der Waals surface area contributed by atoms with Crippen molar-refractivity contribution in [3.8, 4) is 5.75 Å². The zero-order valence-electron chi connectivity index (χ0n) is 9.94. The minimum absolute atomic E-state index is 0.0834. The fourth-order valence-corrected chi connectivity index (χ4v) is 1.90. The van der Waals surface area contributed by atoms with Crippen LogP contribution in [0.2, 0.25) is 5.02 Å². The lowest BCUT2D eigenvalue weighted by atomic mass is 10.3. The van der Waals surface area contributed by atoms with Crippen LogP contribution in [-0.4, -0.2) is 20.8 Å². The molecule has 94 valence electrons. The van der Waals surface area contributed by atoms with Crippen molar-refractivity contribution in [2.75, 3.05) is 5.32 Å². The highest BCUT2D eigenvalue weighted by atomic mass is 35.5. The summed E-state index contributed by atoms with van der Waals surface area (Å²) < 4.78 is 1.43. The number of halogens is 1. The summed E-state index contributed by atoms with van der Waals surface area (Å²) >= 11 is 6.01. The van der Waals surface area contributed by atoms with Crippen LogP contribution in [0, 0.1) is 6.92 Å². The average molecular weight is 266 g/mol. The number of aromatic nitrogens is 2. The van der Waals surface area contributed by atoms with Gasteiger partial charge in [-0.05, 0) is 19.1 Å². The molecule has 1 aromatic carbocycles. The Morgan fingerprint density at radius 3 is 2.78 bits per heavy atom. The number of nitrogens with zero attached hydrogens (tertiary/aromatic N) is 2. The highest BCUT2D eigenvalue weighted by Crippen LogP contribution is 2.21. The topological polar surface area (TPSA) is 67.2 Å². The van der Waals surface area contributed by atoms with Crippen LogP contribution < -0.4 is 5.32 Å². The van der Waals surface area contributed by atoms with E-state index in [-0.39, 0.29) is 17.4 Å². The first kappa shape index (κ1) is 12.4. The number of hydrogen-bond donors (Lipinski definition) is 2. The third-order valence-electron chi connectivity index (χ3n) is 2.47. The molecule has 0 radical (unpaired) electrons. The summed E-state index contributed by atoms with van der Waals surface area (Å²) in [6, 6.07) is 6.29. The summed E-state index contributed by atoms with van der Waals surface area (Å²) in [6.07, 6.45) is 0. The Bertz CT molecular complexity index is 607. The quantitative estimate of drug-likeness (QED) is 0.876. The van der Waals surface area contributed by atoms with Gasteiger partial charge in [-0.2, -0.15) is 5.10 Å². The fraction of sp³-hybridized carbons (Fsp3) is 0.167. The lowest BCUT2D eigenvalue weighted by molar-refractivity contribution is 0.101. The molecule has 2 aromatic rings. The summed E-state index contributed by atoms with van der Waals surface area (Å²) in [6.45, 7) is 1.73. The standard InChI is InChI=1S/C12H12ClN3O2/c1-7-10(13)11(16(2)15-7)12(18)14-8-4-3-5-9(17)6-8/h3-6,17H,1-2H3,(H,14,18). The average Bonchev–Trinajstić information content (AvgIpc) is 2.53. The van der Waals surface area contributed by atoms with Gasteiger partial charge in [0, 0.05) is 18.8 Å². The van der Waals surface area contributed by atoms with Gasteiger partial charge in [-0.1, -0.05) is 17.7 Å². The van der Waals surface area contributed by atoms with Crippen LogP contribution in [0.1, 0.15) is 16.2 Å². The molecule has 2 N–H and O–H groups in total. The molecule has 0 fully saturated rings. The van der Waals surface area contributed by atoms with Gasteiger partial charge in [0.1, 0.15) is 11.4 Å². The summed E-state index contributed by atoms with van der Waals surface area (Å²) in [7, 11) is 1.65. The maximum atomic E-state index is 12.0. The molecule has 0 spiro atoms. The number of aryl methyl sites for hydroxylation is 2. The molecule has 6 heteroatoms. The van der Waals surface area contributed by atoms with E-state index in [1.54, 1.807) is 26.1 Å². The van der Waals surface area contributed by atoms with E-state index in [2.05, 4.69) is 10.4 Å². The summed E-state index contributed by atoms with van der Waals surface area (Å²) in [5.41, 5.74) is 1.38. The molecule has 1 aromatic heterocycles. The van der Waals surface area contributed by atoms with Crippen molar-refractivity contribution in [1.29, 1.82) is 0 Å². The zero-order chi connectivity index (χ0) is 13.3. The number of amides is 1. The van der Waals surface area contributed by atoms with Gasteiger partial charge in [0.2, 0.25) is 0 Å². The van der Waals surface area contributed by atoms with Crippen LogP contribution in [0.25, 0.3) is 0 Å². The number of hydrogen-bond acceptors (Lipinski definition) is 3. The molecule has 0 saturated heterocycles. The number of phenols is 1. The lowest BCUT2D eigenvalue weighted by Crippen LogP contribution is -2.16. The summed E-state index contributed by atoms with van der Waals surface area (Å²) in [5.74, 6) is -0.284. The first-order chi connectivity index (χ1) is 8.49. The second kappa shape index (κ2) is 4.70. The number of rotatable bonds is 2. The molecule has 0 aliphatic rings. The minimum atomic E-state index is -0.367. The molecule has 18 heavy (non-hydrogen) atoms. The van der Waals surface area contributed by atoms with Crippen molar-refractivity contribution in [1.82, 2.24) is 9.78 Å². The van der Waals surface area contributed by atoms with E-state index in [9.17, 15) is 9.90 Å². The van der Waals surface area contributed by atoms with Crippen LogP contribution in [0.5, 0.6) is 5.75 Å². The molecule has 0 aliphatic carbocycles. The summed E-state index contributed by atoms with van der Waals surface area (Å²) in [4.78, 5) is 12.0. The Morgan fingerprint density at radius 1 is 1.50 bits per heavy atom. The highest BCUT2D eigenvalue weighted by Gasteiger charge is 2.18. The second-order valence-corrected chi connectivity index (χ2v) is 4.25. The maximum absolute atomic E-state index is 12.0. The molecule has 0 aliphatic heterocycles. The van der Waals surface area contributed by atoms with Gasteiger partial charge in [0.15, 0.2) is 0 Å². The molecule has 0 saturated carbocycles. The molecule has 0 unspecified atom stereocenters. The van der Waals surface area contributed by atoms with Gasteiger partial charge in [-0.3, -0.25) is 9.48 Å². The van der Waals surface area contributed by atoms with Crippen molar-refractivity contribution in [2.24, 2.45) is 7.05 Å². The van der Waals surface area contributed by atoms with E-state index in [0.29, 0.717) is 16.4 Å². The first-order valence-electron chi connectivity index (χ1n) is 5.28. The molecule has 0 atom stereocenters. The molecule has 0 bridgehead atoms. The Balaban J connectivity index is 2.27. The normalized spacial score (nSPS) is 10.4. The number of phenolic OH excluding ortho intramolecular Hbond substituents is 1. The molecule has 5 nitrogen and oxygen atoms in total. The van der Waals surface area contributed by atoms with Crippen molar-refractivity contribution >= 4 is 23.2 Å². The van der Waals surface area contributed by atoms with E-state index in [1.165, 1.54) is 16.8 Å². The van der Waals surface area contributed by atoms with Crippen LogP contribution in [0.4, 0.5) is 5.69 Å². The van der Waals surface area contributed by atoms with Crippen molar-refractivity contribution in [3.63, 3.8) is 0 Å². The lowest BCUT2D eigenvalue weighted by Gasteiger charge is -2.06. The monoisotopic (exact) mass is 265 g/mol. The minimum Gasteiger partial charge on any atom is -0.508 e. The number of benzene rings is 1. The Hall–Kier alpha value is -2.01. The zero-order valence-corrected chi connectivity index (χ0v) is 10.7. The van der Waals surface area contributed by atoms with E-state index < -0.39 is 0 Å². The van der Waals surface area contributed by atoms with Gasteiger partial charge in [0.05, 0.1) is 10.7 Å². The third-order valence-corrected chi connectivity index (χ3v) is 2.92. The van der Waals surface area contributed by atoms with E-state index in [0.717, 1.165) is 0 Å². The van der Waals surface area contributed by atoms with Gasteiger partial charge >= 0.3 is 0 Å². The fourth-order valence-electron chi connectivity index (χ4n) is 1.65. The largest absolute Gasteiger partial charge is 0.508 e. The Kier molecular flexibility index (Phi) is 3.25. The first-order valence-corrected chi connectivity index (χ1v) is 5.66. The van der Waals surface area contributed by atoms with Gasteiger partial charge in [-0.15, -0.1) is 0 Å². The number of carbonyl (C=O) groups excluding carboxylic acids is 1. The molecule has 1 heterocycles. The number of carbonyl (C=O) groups is 1. The number of nitrogens with one attached hydrogen (secondary N) is 1. The van der Waals surface area contributed by atoms with Crippen molar-refractivity contribution in [2.45, 2.75) is 6.92 Å². The SMILES string of the molecule is Cc1nn(C)c(C(=O)Nc2cccc(O)c2)c1Cl. The van der Waals surface area contributed by atoms with Crippen LogP contribution in [0.3, 0.4) is 0 Å². The summed E-state index contributed by atoms with van der Waals surface area (Å²) in [5, 5.41) is 16.4. The van der Waals surface area contributed by atoms with Crippen LogP contribution in [-0.2, 0) is 7.05 Å². The van der Waals surface area contributed by atoms with Gasteiger partial charge in [0.25, 0.3) is 5.91 Å². The third kappa shape index (κ3) is 2.31. The van der Waals surface area contributed by atoms with Crippen LogP contribution in [0.15, 0.2) is 24.3 Å². The Morgan fingerprint density at radius 2 is 2.22 bits per heavy atom. The maximum Gasteiger partial charge on any atom is 0.275 e. The van der Waals surface area contributed by atoms with E-state index in [4.69, 9.17) is 11.6 Å². The molecular formula is C12H12ClN3O2. The van der Waals surface area contributed by atoms with Crippen molar-refractivity contribution in [3.05, 3.63) is 40.7 Å². The smallest absolute Gasteiger partial charge is 0.275 e. The number of aromatic hydroxyl groups is 1. The molecule has 2 rings (SSSR count). The van der Waals surface area contributed by atoms with Crippen molar-refractivity contribution < 1.29 is 9.90 Å². The molecular weight excluding hydrogens is 254 g/mol. The predicted molar refractivity (Wildman–Crippen MR) is 69.0 cm³/mol. The van der Waals surface area contributed by atoms with E-state index >= 15 is 0 Å². The second-order valence-electron chi connectivity index (χ2n) is 3.88. The predicted octanol–water partition coefficient (Wildman–Crippen LogP) is 2.34. The van der Waals surface area contributed by atoms with Gasteiger partial charge in [-0.25, -0.2) is 0 Å². The Labute approximate surface area is 109 Å².